The molecule has 0 amide bonds. The topological polar surface area (TPSA) is 37.3 Å². The monoisotopic (exact) mass is 216 g/mol. The van der Waals surface area contributed by atoms with Crippen LogP contribution in [0.5, 0.6) is 0 Å². The summed E-state index contributed by atoms with van der Waals surface area (Å²) in [6.07, 6.45) is 2.89. The van der Waals surface area contributed by atoms with Gasteiger partial charge in [0.15, 0.2) is 6.17 Å². The Bertz CT molecular complexity index is 216. The predicted octanol–water partition coefficient (Wildman–Crippen LogP) is 3.26. The lowest BCUT2D eigenvalue weighted by Gasteiger charge is -2.18. The first kappa shape index (κ1) is 12.5. The molecule has 0 bridgehead atoms. The van der Waals surface area contributed by atoms with E-state index in [1.54, 1.807) is 0 Å². The van der Waals surface area contributed by atoms with Gasteiger partial charge in [-0.25, -0.2) is 9.18 Å². The Morgan fingerprint density at radius 1 is 1.20 bits per heavy atom. The third-order valence-corrected chi connectivity index (χ3v) is 3.65. The summed E-state index contributed by atoms with van der Waals surface area (Å²) >= 11 is 0. The van der Waals surface area contributed by atoms with Gasteiger partial charge in [-0.05, 0) is 31.1 Å². The predicted molar refractivity (Wildman–Crippen MR) is 57.4 cm³/mol. The van der Waals surface area contributed by atoms with Crippen LogP contribution >= 0.6 is 0 Å². The molecule has 1 N–H and O–H groups in total. The molecule has 1 aliphatic carbocycles. The fraction of sp³-hybridized carbons (Fsp3) is 0.917. The standard InChI is InChI=1S/C12H21FO2/c1-8(2)9-4-3-5-10(7-6-9)11(13)12(14)15/h8-11H,3-7H2,1-2H3,(H,14,15). The zero-order valence-electron chi connectivity index (χ0n) is 9.58. The van der Waals surface area contributed by atoms with Crippen molar-refractivity contribution in [2.75, 3.05) is 0 Å². The molecular formula is C12H21FO2. The van der Waals surface area contributed by atoms with Gasteiger partial charge < -0.3 is 5.11 Å². The van der Waals surface area contributed by atoms with Crippen LogP contribution in [-0.4, -0.2) is 17.2 Å². The summed E-state index contributed by atoms with van der Waals surface area (Å²) in [5, 5.41) is 8.63. The molecule has 15 heavy (non-hydrogen) atoms. The third kappa shape index (κ3) is 3.47. The van der Waals surface area contributed by atoms with Gasteiger partial charge in [-0.2, -0.15) is 0 Å². The zero-order valence-corrected chi connectivity index (χ0v) is 9.58. The van der Waals surface area contributed by atoms with Crippen molar-refractivity contribution in [1.82, 2.24) is 0 Å². The van der Waals surface area contributed by atoms with Crippen molar-refractivity contribution in [3.05, 3.63) is 0 Å². The summed E-state index contributed by atoms with van der Waals surface area (Å²) in [4.78, 5) is 10.6. The van der Waals surface area contributed by atoms with Crippen molar-refractivity contribution in [1.29, 1.82) is 0 Å². The minimum absolute atomic E-state index is 0.258. The molecule has 1 aliphatic rings. The Morgan fingerprint density at radius 3 is 2.27 bits per heavy atom. The van der Waals surface area contributed by atoms with E-state index in [0.29, 0.717) is 11.8 Å². The summed E-state index contributed by atoms with van der Waals surface area (Å²) in [5.74, 6) is -0.267. The molecule has 0 aromatic rings. The average Bonchev–Trinajstić information content (AvgIpc) is 2.41. The summed E-state index contributed by atoms with van der Waals surface area (Å²) in [6.45, 7) is 4.38. The van der Waals surface area contributed by atoms with Crippen LogP contribution in [0.2, 0.25) is 0 Å². The minimum atomic E-state index is -1.66. The summed E-state index contributed by atoms with van der Waals surface area (Å²) in [6, 6.07) is 0. The lowest BCUT2D eigenvalue weighted by atomic mass is 9.88. The molecule has 3 heteroatoms. The number of carbonyl (C=O) groups is 1. The molecular weight excluding hydrogens is 195 g/mol. The Hall–Kier alpha value is -0.600. The molecule has 0 spiro atoms. The molecule has 0 aromatic carbocycles. The summed E-state index contributed by atoms with van der Waals surface area (Å²) in [7, 11) is 0. The second kappa shape index (κ2) is 5.47. The van der Waals surface area contributed by atoms with E-state index >= 15 is 0 Å². The number of hydrogen-bond acceptors (Lipinski definition) is 1. The molecule has 0 aromatic heterocycles. The van der Waals surface area contributed by atoms with E-state index in [1.165, 1.54) is 0 Å². The number of hydrogen-bond donors (Lipinski definition) is 1. The smallest absolute Gasteiger partial charge is 0.338 e. The highest BCUT2D eigenvalue weighted by atomic mass is 19.1. The van der Waals surface area contributed by atoms with Crippen LogP contribution in [-0.2, 0) is 4.79 Å². The Balaban J connectivity index is 2.49. The first-order valence-corrected chi connectivity index (χ1v) is 5.89. The van der Waals surface area contributed by atoms with Crippen LogP contribution in [0, 0.1) is 17.8 Å². The SMILES string of the molecule is CC(C)C1CCCC(C(F)C(=O)O)CC1. The van der Waals surface area contributed by atoms with Crippen molar-refractivity contribution in [2.45, 2.75) is 52.1 Å². The molecule has 0 radical (unpaired) electrons. The Kier molecular flexibility index (Phi) is 4.55. The first-order valence-electron chi connectivity index (χ1n) is 5.89. The van der Waals surface area contributed by atoms with Crippen molar-refractivity contribution >= 4 is 5.97 Å². The van der Waals surface area contributed by atoms with Crippen LogP contribution < -0.4 is 0 Å². The molecule has 0 heterocycles. The highest BCUT2D eigenvalue weighted by molar-refractivity contribution is 5.72. The van der Waals surface area contributed by atoms with Gasteiger partial charge in [0.2, 0.25) is 0 Å². The molecule has 2 nitrogen and oxygen atoms in total. The minimum Gasteiger partial charge on any atom is -0.479 e. The van der Waals surface area contributed by atoms with Crippen LogP contribution in [0.3, 0.4) is 0 Å². The number of carboxylic acids is 1. The molecule has 88 valence electrons. The van der Waals surface area contributed by atoms with Gasteiger partial charge in [-0.15, -0.1) is 0 Å². The fourth-order valence-corrected chi connectivity index (χ4v) is 2.52. The van der Waals surface area contributed by atoms with E-state index in [-0.39, 0.29) is 5.92 Å². The van der Waals surface area contributed by atoms with E-state index in [2.05, 4.69) is 13.8 Å². The number of alkyl halides is 1. The van der Waals surface area contributed by atoms with Crippen LogP contribution in [0.1, 0.15) is 46.0 Å². The highest BCUT2D eigenvalue weighted by Gasteiger charge is 2.30. The van der Waals surface area contributed by atoms with Crippen LogP contribution in [0.15, 0.2) is 0 Å². The quantitative estimate of drug-likeness (QED) is 0.735. The van der Waals surface area contributed by atoms with Gasteiger partial charge in [-0.3, -0.25) is 0 Å². The fourth-order valence-electron chi connectivity index (χ4n) is 2.52. The van der Waals surface area contributed by atoms with Gasteiger partial charge in [0.25, 0.3) is 0 Å². The van der Waals surface area contributed by atoms with E-state index in [0.717, 1.165) is 32.1 Å². The third-order valence-electron chi connectivity index (χ3n) is 3.65. The molecule has 1 saturated carbocycles. The zero-order chi connectivity index (χ0) is 11.4. The van der Waals surface area contributed by atoms with Gasteiger partial charge in [0.05, 0.1) is 0 Å². The highest BCUT2D eigenvalue weighted by Crippen LogP contribution is 2.33. The van der Waals surface area contributed by atoms with Crippen LogP contribution in [0.25, 0.3) is 0 Å². The van der Waals surface area contributed by atoms with Crippen molar-refractivity contribution in [3.8, 4) is 0 Å². The van der Waals surface area contributed by atoms with E-state index in [4.69, 9.17) is 5.11 Å². The number of carboxylic acid groups (broad SMARTS) is 1. The van der Waals surface area contributed by atoms with E-state index in [9.17, 15) is 9.18 Å². The Labute approximate surface area is 90.9 Å². The van der Waals surface area contributed by atoms with Crippen molar-refractivity contribution in [2.24, 2.45) is 17.8 Å². The largest absolute Gasteiger partial charge is 0.479 e. The normalized spacial score (nSPS) is 29.9. The second-order valence-electron chi connectivity index (χ2n) is 5.01. The number of aliphatic carboxylic acids is 1. The summed E-state index contributed by atoms with van der Waals surface area (Å²) in [5.41, 5.74) is 0. The van der Waals surface area contributed by atoms with Gasteiger partial charge in [0.1, 0.15) is 0 Å². The summed E-state index contributed by atoms with van der Waals surface area (Å²) < 4.78 is 13.3. The lowest BCUT2D eigenvalue weighted by molar-refractivity contribution is -0.145. The molecule has 1 fully saturated rings. The number of rotatable bonds is 3. The Morgan fingerprint density at radius 2 is 1.73 bits per heavy atom. The molecule has 3 atom stereocenters. The van der Waals surface area contributed by atoms with Gasteiger partial charge >= 0.3 is 5.97 Å². The van der Waals surface area contributed by atoms with Crippen LogP contribution in [0.4, 0.5) is 4.39 Å². The molecule has 0 aliphatic heterocycles. The molecule has 3 unspecified atom stereocenters. The first-order chi connectivity index (χ1) is 7.02. The average molecular weight is 216 g/mol. The van der Waals surface area contributed by atoms with Gasteiger partial charge in [0, 0.05) is 5.92 Å². The molecule has 0 saturated heterocycles. The second-order valence-corrected chi connectivity index (χ2v) is 5.01. The lowest BCUT2D eigenvalue weighted by Crippen LogP contribution is -2.24. The number of halogens is 1. The van der Waals surface area contributed by atoms with Crippen molar-refractivity contribution in [3.63, 3.8) is 0 Å². The van der Waals surface area contributed by atoms with Crippen molar-refractivity contribution < 1.29 is 14.3 Å². The van der Waals surface area contributed by atoms with Gasteiger partial charge in [-0.1, -0.05) is 26.7 Å². The molecule has 1 rings (SSSR count). The van der Waals surface area contributed by atoms with E-state index in [1.807, 2.05) is 0 Å². The maximum absolute atomic E-state index is 13.3. The van der Waals surface area contributed by atoms with E-state index < -0.39 is 12.1 Å². The maximum Gasteiger partial charge on any atom is 0.338 e. The maximum atomic E-state index is 13.3.